The van der Waals surface area contributed by atoms with Gasteiger partial charge in [-0.1, -0.05) is 49.4 Å². The van der Waals surface area contributed by atoms with Gasteiger partial charge < -0.3 is 26.4 Å². The van der Waals surface area contributed by atoms with Gasteiger partial charge in [-0.05, 0) is 76.3 Å². The first-order chi connectivity index (χ1) is 18.5. The summed E-state index contributed by atoms with van der Waals surface area (Å²) >= 11 is 0. The van der Waals surface area contributed by atoms with E-state index in [9.17, 15) is 19.2 Å². The van der Waals surface area contributed by atoms with E-state index in [2.05, 4.69) is 16.0 Å². The summed E-state index contributed by atoms with van der Waals surface area (Å²) in [7, 11) is 0. The van der Waals surface area contributed by atoms with Crippen molar-refractivity contribution in [3.63, 3.8) is 0 Å². The zero-order chi connectivity index (χ0) is 28.8. The first kappa shape index (κ1) is 31.5. The van der Waals surface area contributed by atoms with Crippen LogP contribution in [-0.2, 0) is 32.1 Å². The van der Waals surface area contributed by atoms with E-state index >= 15 is 0 Å². The minimum Gasteiger partial charge on any atom is -0.460 e. The van der Waals surface area contributed by atoms with Crippen LogP contribution in [0.15, 0.2) is 54.6 Å². The van der Waals surface area contributed by atoms with Gasteiger partial charge in [0.15, 0.2) is 5.78 Å². The molecule has 0 radical (unpaired) electrons. The number of benzene rings is 2. The standard InChI is InChI=1S/C30H42N4O5/c1-5-26(35)25(19-21-11-7-6-8-12-21)33-27(36)24(13-9-10-18-31)34-29(38)32-23-16-14-22(15-17-23)20-39-28(37)30(2,3)4/h6-8,11-12,14-17,24-25H,5,9-10,13,18-20,31H2,1-4H3,(H,33,36)(H2,32,34,38)/t24-,25-/m0/s1. The third-order valence-electron chi connectivity index (χ3n) is 6.10. The summed E-state index contributed by atoms with van der Waals surface area (Å²) in [6.07, 6.45) is 2.39. The second-order valence-corrected chi connectivity index (χ2v) is 10.5. The Morgan fingerprint density at radius 3 is 2.13 bits per heavy atom. The number of ether oxygens (including phenoxy) is 1. The van der Waals surface area contributed by atoms with Crippen LogP contribution >= 0.6 is 0 Å². The molecule has 212 valence electrons. The molecule has 0 aliphatic heterocycles. The number of hydrogen-bond acceptors (Lipinski definition) is 6. The topological polar surface area (TPSA) is 140 Å². The lowest BCUT2D eigenvalue weighted by molar-refractivity contribution is -0.154. The van der Waals surface area contributed by atoms with Gasteiger partial charge in [0, 0.05) is 12.1 Å². The predicted octanol–water partition coefficient (Wildman–Crippen LogP) is 4.10. The zero-order valence-electron chi connectivity index (χ0n) is 23.4. The van der Waals surface area contributed by atoms with Crippen LogP contribution in [-0.4, -0.2) is 42.3 Å². The van der Waals surface area contributed by atoms with Crippen molar-refractivity contribution < 1.29 is 23.9 Å². The summed E-state index contributed by atoms with van der Waals surface area (Å²) in [6, 6.07) is 14.3. The van der Waals surface area contributed by atoms with Crippen molar-refractivity contribution in [2.75, 3.05) is 11.9 Å². The molecule has 0 saturated heterocycles. The van der Waals surface area contributed by atoms with Gasteiger partial charge in [0.05, 0.1) is 11.5 Å². The Labute approximate surface area is 231 Å². The number of nitrogens with one attached hydrogen (secondary N) is 3. The van der Waals surface area contributed by atoms with Crippen LogP contribution in [0.5, 0.6) is 0 Å². The molecule has 0 fully saturated rings. The van der Waals surface area contributed by atoms with E-state index in [1.54, 1.807) is 52.0 Å². The molecule has 0 aliphatic carbocycles. The Hall–Kier alpha value is -3.72. The first-order valence-electron chi connectivity index (χ1n) is 13.4. The number of nitrogens with two attached hydrogens (primary N) is 1. The van der Waals surface area contributed by atoms with Gasteiger partial charge in [0.25, 0.3) is 0 Å². The molecule has 9 heteroatoms. The van der Waals surface area contributed by atoms with Crippen LogP contribution in [0.4, 0.5) is 10.5 Å². The Balaban J connectivity index is 2.01. The van der Waals surface area contributed by atoms with Gasteiger partial charge in [0.1, 0.15) is 12.6 Å². The van der Waals surface area contributed by atoms with E-state index in [1.165, 1.54) is 0 Å². The van der Waals surface area contributed by atoms with Crippen LogP contribution in [0.25, 0.3) is 0 Å². The van der Waals surface area contributed by atoms with Crippen LogP contribution in [0.1, 0.15) is 64.5 Å². The molecule has 0 aliphatic rings. The predicted molar refractivity (Wildman–Crippen MR) is 152 cm³/mol. The maximum atomic E-state index is 13.2. The number of amides is 3. The fourth-order valence-corrected chi connectivity index (χ4v) is 3.75. The third-order valence-corrected chi connectivity index (χ3v) is 6.10. The summed E-state index contributed by atoms with van der Waals surface area (Å²) in [4.78, 5) is 50.6. The van der Waals surface area contributed by atoms with Gasteiger partial charge in [-0.2, -0.15) is 0 Å². The minimum absolute atomic E-state index is 0.0781. The summed E-state index contributed by atoms with van der Waals surface area (Å²) in [6.45, 7) is 7.73. The van der Waals surface area contributed by atoms with Crippen molar-refractivity contribution in [3.8, 4) is 0 Å². The number of rotatable bonds is 14. The van der Waals surface area contributed by atoms with Gasteiger partial charge in [-0.15, -0.1) is 0 Å². The molecule has 39 heavy (non-hydrogen) atoms. The third kappa shape index (κ3) is 11.3. The number of anilines is 1. The molecular formula is C30H42N4O5. The maximum absolute atomic E-state index is 13.2. The second-order valence-electron chi connectivity index (χ2n) is 10.5. The minimum atomic E-state index is -0.837. The highest BCUT2D eigenvalue weighted by molar-refractivity contribution is 5.95. The zero-order valence-corrected chi connectivity index (χ0v) is 23.4. The van der Waals surface area contributed by atoms with Gasteiger partial charge >= 0.3 is 12.0 Å². The highest BCUT2D eigenvalue weighted by atomic mass is 16.5. The second kappa shape index (κ2) is 15.6. The molecule has 0 spiro atoms. The maximum Gasteiger partial charge on any atom is 0.319 e. The molecule has 0 bridgehead atoms. The van der Waals surface area contributed by atoms with Crippen molar-refractivity contribution in [3.05, 3.63) is 65.7 Å². The van der Waals surface area contributed by atoms with Crippen LogP contribution < -0.4 is 21.7 Å². The van der Waals surface area contributed by atoms with Crippen LogP contribution in [0.3, 0.4) is 0 Å². The highest BCUT2D eigenvalue weighted by Gasteiger charge is 2.26. The lowest BCUT2D eigenvalue weighted by Gasteiger charge is -2.23. The van der Waals surface area contributed by atoms with Gasteiger partial charge in [-0.25, -0.2) is 4.79 Å². The Morgan fingerprint density at radius 2 is 1.54 bits per heavy atom. The Bertz CT molecular complexity index is 1080. The largest absolute Gasteiger partial charge is 0.460 e. The van der Waals surface area contributed by atoms with Crippen LogP contribution in [0, 0.1) is 5.41 Å². The van der Waals surface area contributed by atoms with Crippen molar-refractivity contribution in [2.45, 2.75) is 78.5 Å². The van der Waals surface area contributed by atoms with E-state index in [1.807, 2.05) is 30.3 Å². The Morgan fingerprint density at radius 1 is 0.872 bits per heavy atom. The van der Waals surface area contributed by atoms with Crippen molar-refractivity contribution in [2.24, 2.45) is 11.1 Å². The Kier molecular flexibility index (Phi) is 12.6. The number of hydrogen-bond donors (Lipinski definition) is 4. The number of urea groups is 1. The fraction of sp³-hybridized carbons (Fsp3) is 0.467. The van der Waals surface area contributed by atoms with Crippen LogP contribution in [0.2, 0.25) is 0 Å². The van der Waals surface area contributed by atoms with Crippen molar-refractivity contribution in [1.29, 1.82) is 0 Å². The quantitative estimate of drug-likeness (QED) is 0.211. The lowest BCUT2D eigenvalue weighted by atomic mass is 9.97. The summed E-state index contributed by atoms with van der Waals surface area (Å²) in [5.74, 6) is -0.791. The van der Waals surface area contributed by atoms with E-state index in [0.29, 0.717) is 37.9 Å². The SMILES string of the molecule is CCC(=O)[C@H](Cc1ccccc1)NC(=O)[C@H](CCCCN)NC(=O)Nc1ccc(COC(=O)C(C)(C)C)cc1. The molecule has 9 nitrogen and oxygen atoms in total. The monoisotopic (exact) mass is 538 g/mol. The number of unbranched alkanes of at least 4 members (excludes halogenated alkanes) is 1. The molecule has 2 rings (SSSR count). The molecule has 2 aromatic carbocycles. The summed E-state index contributed by atoms with van der Waals surface area (Å²) in [5.41, 5.74) is 7.27. The van der Waals surface area contributed by atoms with Crippen molar-refractivity contribution in [1.82, 2.24) is 10.6 Å². The summed E-state index contributed by atoms with van der Waals surface area (Å²) < 4.78 is 5.32. The number of carbonyl (C=O) groups excluding carboxylic acids is 4. The van der Waals surface area contributed by atoms with Gasteiger partial charge in [-0.3, -0.25) is 14.4 Å². The molecule has 5 N–H and O–H groups in total. The average molecular weight is 539 g/mol. The van der Waals surface area contributed by atoms with E-state index < -0.39 is 29.4 Å². The molecule has 0 saturated carbocycles. The first-order valence-corrected chi connectivity index (χ1v) is 13.4. The van der Waals surface area contributed by atoms with Gasteiger partial charge in [0.2, 0.25) is 5.91 Å². The number of ketones is 1. The molecular weight excluding hydrogens is 496 g/mol. The normalized spacial score (nSPS) is 12.6. The highest BCUT2D eigenvalue weighted by Crippen LogP contribution is 2.17. The van der Waals surface area contributed by atoms with E-state index in [0.717, 1.165) is 11.1 Å². The van der Waals surface area contributed by atoms with Crippen molar-refractivity contribution >= 4 is 29.4 Å². The lowest BCUT2D eigenvalue weighted by Crippen LogP contribution is -2.52. The summed E-state index contributed by atoms with van der Waals surface area (Å²) in [5, 5.41) is 8.32. The smallest absolute Gasteiger partial charge is 0.319 e. The fourth-order valence-electron chi connectivity index (χ4n) is 3.75. The number of esters is 1. The number of carbonyl (C=O) groups is 4. The number of Topliss-reactive ketones (excluding diaryl/α,β-unsaturated/α-hetero) is 1. The molecule has 0 unspecified atom stereocenters. The van der Waals surface area contributed by atoms with E-state index in [4.69, 9.17) is 10.5 Å². The molecule has 0 aromatic heterocycles. The molecule has 2 atom stereocenters. The molecule has 3 amide bonds. The average Bonchev–Trinajstić information content (AvgIpc) is 2.91. The molecule has 0 heterocycles. The van der Waals surface area contributed by atoms with E-state index in [-0.39, 0.29) is 24.8 Å². The molecule has 2 aromatic rings.